The number of carbonyl (C=O) groups excluding carboxylic acids is 1. The number of allylic oxidation sites excluding steroid dienone is 1. The third-order valence-corrected chi connectivity index (χ3v) is 4.23. The fourth-order valence-electron chi connectivity index (χ4n) is 2.05. The zero-order valence-corrected chi connectivity index (χ0v) is 12.7. The van der Waals surface area contributed by atoms with Gasteiger partial charge in [0.05, 0.1) is 18.2 Å². The molecule has 0 fully saturated rings. The second-order valence-corrected chi connectivity index (χ2v) is 5.61. The first-order valence-electron chi connectivity index (χ1n) is 6.04. The fraction of sp³-hybridized carbons (Fsp3) is 0.385. The standard InChI is InChI=1S/C13H16N2O2S2/c1-4-17-12(16)9-8(3)14-13(18)15-10(9)11-7(2)5-6-19-11/h5-6,10H,4H2,1-3H3,(H2,14,15,18). The summed E-state index contributed by atoms with van der Waals surface area (Å²) in [6.07, 6.45) is 0. The van der Waals surface area contributed by atoms with Crippen molar-refractivity contribution in [2.45, 2.75) is 26.8 Å². The zero-order chi connectivity index (χ0) is 14.0. The smallest absolute Gasteiger partial charge is 0.338 e. The Morgan fingerprint density at radius 2 is 2.26 bits per heavy atom. The van der Waals surface area contributed by atoms with Crippen molar-refractivity contribution in [2.75, 3.05) is 6.61 Å². The number of hydrogen-bond donors (Lipinski definition) is 2. The van der Waals surface area contributed by atoms with E-state index in [9.17, 15) is 4.79 Å². The van der Waals surface area contributed by atoms with Crippen molar-refractivity contribution in [2.24, 2.45) is 0 Å². The number of carbonyl (C=O) groups is 1. The Hall–Kier alpha value is -1.40. The van der Waals surface area contributed by atoms with Crippen molar-refractivity contribution in [3.63, 3.8) is 0 Å². The van der Waals surface area contributed by atoms with Crippen molar-refractivity contribution in [1.82, 2.24) is 10.6 Å². The van der Waals surface area contributed by atoms with Crippen molar-refractivity contribution < 1.29 is 9.53 Å². The summed E-state index contributed by atoms with van der Waals surface area (Å²) in [4.78, 5) is 13.2. The van der Waals surface area contributed by atoms with Gasteiger partial charge in [-0.2, -0.15) is 0 Å². The fourth-order valence-corrected chi connectivity index (χ4v) is 3.31. The molecule has 2 heterocycles. The summed E-state index contributed by atoms with van der Waals surface area (Å²) in [6, 6.07) is 1.80. The topological polar surface area (TPSA) is 50.4 Å². The normalized spacial score (nSPS) is 18.9. The van der Waals surface area contributed by atoms with Crippen LogP contribution in [-0.4, -0.2) is 17.7 Å². The highest BCUT2D eigenvalue weighted by Gasteiger charge is 2.32. The highest BCUT2D eigenvalue weighted by Crippen LogP contribution is 2.32. The molecule has 0 saturated heterocycles. The third-order valence-electron chi connectivity index (χ3n) is 2.93. The van der Waals surface area contributed by atoms with Crippen LogP contribution in [0.3, 0.4) is 0 Å². The molecule has 19 heavy (non-hydrogen) atoms. The SMILES string of the molecule is CCOC(=O)C1=C(C)NC(=S)NC1c1sccc1C. The van der Waals surface area contributed by atoms with Crippen LogP contribution < -0.4 is 10.6 Å². The first-order valence-corrected chi connectivity index (χ1v) is 7.32. The highest BCUT2D eigenvalue weighted by atomic mass is 32.1. The Morgan fingerprint density at radius 1 is 1.53 bits per heavy atom. The summed E-state index contributed by atoms with van der Waals surface area (Å²) in [7, 11) is 0. The van der Waals surface area contributed by atoms with E-state index in [1.54, 1.807) is 18.3 Å². The van der Waals surface area contributed by atoms with Crippen molar-refractivity contribution in [3.05, 3.63) is 33.2 Å². The molecule has 102 valence electrons. The number of ether oxygens (including phenoxy) is 1. The quantitative estimate of drug-likeness (QED) is 0.663. The maximum absolute atomic E-state index is 12.1. The molecule has 1 aromatic heterocycles. The predicted octanol–water partition coefficient (Wildman–Crippen LogP) is 2.41. The minimum Gasteiger partial charge on any atom is -0.463 e. The van der Waals surface area contributed by atoms with Crippen molar-refractivity contribution in [1.29, 1.82) is 0 Å². The molecular weight excluding hydrogens is 280 g/mol. The number of rotatable bonds is 3. The molecule has 6 heteroatoms. The van der Waals surface area contributed by atoms with Crippen LogP contribution >= 0.6 is 23.6 Å². The van der Waals surface area contributed by atoms with Gasteiger partial charge in [-0.25, -0.2) is 4.79 Å². The van der Waals surface area contributed by atoms with Gasteiger partial charge in [-0.05, 0) is 50.0 Å². The molecular formula is C13H16N2O2S2. The van der Waals surface area contributed by atoms with Crippen LogP contribution in [-0.2, 0) is 9.53 Å². The van der Waals surface area contributed by atoms with Crippen LogP contribution in [0.15, 0.2) is 22.7 Å². The maximum Gasteiger partial charge on any atom is 0.338 e. The predicted molar refractivity (Wildman–Crippen MR) is 80.0 cm³/mol. The van der Waals surface area contributed by atoms with Crippen LogP contribution in [0.4, 0.5) is 0 Å². The largest absolute Gasteiger partial charge is 0.463 e. The lowest BCUT2D eigenvalue weighted by atomic mass is 10.00. The molecule has 2 N–H and O–H groups in total. The first kappa shape index (κ1) is 14.0. The van der Waals surface area contributed by atoms with Gasteiger partial charge in [0.25, 0.3) is 0 Å². The monoisotopic (exact) mass is 296 g/mol. The van der Waals surface area contributed by atoms with Gasteiger partial charge in [0.1, 0.15) is 0 Å². The highest BCUT2D eigenvalue weighted by molar-refractivity contribution is 7.80. The van der Waals surface area contributed by atoms with E-state index < -0.39 is 0 Å². The van der Waals surface area contributed by atoms with Crippen molar-refractivity contribution in [3.8, 4) is 0 Å². The minimum absolute atomic E-state index is 0.229. The van der Waals surface area contributed by atoms with Gasteiger partial charge in [-0.1, -0.05) is 0 Å². The summed E-state index contributed by atoms with van der Waals surface area (Å²) in [5.41, 5.74) is 2.49. The molecule has 0 bridgehead atoms. The van der Waals surface area contributed by atoms with E-state index >= 15 is 0 Å². The molecule has 1 aliphatic heterocycles. The van der Waals surface area contributed by atoms with Gasteiger partial charge < -0.3 is 15.4 Å². The Labute approximate surface area is 121 Å². The zero-order valence-electron chi connectivity index (χ0n) is 11.1. The van der Waals surface area contributed by atoms with Gasteiger partial charge in [-0.3, -0.25) is 0 Å². The van der Waals surface area contributed by atoms with Crippen molar-refractivity contribution >= 4 is 34.6 Å². The molecule has 0 saturated carbocycles. The average molecular weight is 296 g/mol. The van der Waals surface area contributed by atoms with E-state index in [1.165, 1.54) is 0 Å². The van der Waals surface area contributed by atoms with E-state index in [2.05, 4.69) is 10.6 Å². The Kier molecular flexibility index (Phi) is 4.21. The lowest BCUT2D eigenvalue weighted by Crippen LogP contribution is -2.45. The minimum atomic E-state index is -0.305. The first-order chi connectivity index (χ1) is 9.04. The molecule has 0 amide bonds. The van der Waals surface area contributed by atoms with Gasteiger partial charge in [-0.15, -0.1) is 11.3 Å². The van der Waals surface area contributed by atoms with Crippen LogP contribution in [0.1, 0.15) is 30.3 Å². The number of esters is 1. The summed E-state index contributed by atoms with van der Waals surface area (Å²) in [6.45, 7) is 6.02. The molecule has 4 nitrogen and oxygen atoms in total. The average Bonchev–Trinajstić information content (AvgIpc) is 2.74. The second-order valence-electron chi connectivity index (χ2n) is 4.26. The molecule has 1 unspecified atom stereocenters. The Morgan fingerprint density at radius 3 is 2.84 bits per heavy atom. The molecule has 1 atom stereocenters. The van der Waals surface area contributed by atoms with E-state index in [0.717, 1.165) is 16.1 Å². The Balaban J connectivity index is 2.44. The Bertz CT molecular complexity index is 549. The van der Waals surface area contributed by atoms with E-state index in [1.807, 2.05) is 25.3 Å². The molecule has 0 radical (unpaired) electrons. The van der Waals surface area contributed by atoms with Gasteiger partial charge in [0, 0.05) is 10.6 Å². The van der Waals surface area contributed by atoms with E-state index in [0.29, 0.717) is 17.3 Å². The van der Waals surface area contributed by atoms with E-state index in [-0.39, 0.29) is 12.0 Å². The number of aryl methyl sites for hydroxylation is 1. The second kappa shape index (κ2) is 5.71. The molecule has 0 aliphatic carbocycles. The molecule has 1 aliphatic rings. The van der Waals surface area contributed by atoms with Gasteiger partial charge in [0.15, 0.2) is 5.11 Å². The number of thiocarbonyl (C=S) groups is 1. The molecule has 2 rings (SSSR count). The molecule has 0 aromatic carbocycles. The van der Waals surface area contributed by atoms with Crippen LogP contribution in [0.25, 0.3) is 0 Å². The lowest BCUT2D eigenvalue weighted by molar-refractivity contribution is -0.139. The van der Waals surface area contributed by atoms with Crippen LogP contribution in [0.2, 0.25) is 0 Å². The summed E-state index contributed by atoms with van der Waals surface area (Å²) >= 11 is 6.78. The lowest BCUT2D eigenvalue weighted by Gasteiger charge is -2.29. The van der Waals surface area contributed by atoms with Gasteiger partial charge >= 0.3 is 5.97 Å². The third kappa shape index (κ3) is 2.79. The molecule has 1 aromatic rings. The number of hydrogen-bond acceptors (Lipinski definition) is 4. The van der Waals surface area contributed by atoms with Gasteiger partial charge in [0.2, 0.25) is 0 Å². The number of thiophene rings is 1. The summed E-state index contributed by atoms with van der Waals surface area (Å²) < 4.78 is 5.14. The summed E-state index contributed by atoms with van der Waals surface area (Å²) in [5, 5.41) is 8.68. The molecule has 0 spiro atoms. The van der Waals surface area contributed by atoms with Crippen LogP contribution in [0, 0.1) is 6.92 Å². The maximum atomic E-state index is 12.1. The summed E-state index contributed by atoms with van der Waals surface area (Å²) in [5.74, 6) is -0.305. The van der Waals surface area contributed by atoms with Crippen LogP contribution in [0.5, 0.6) is 0 Å². The number of nitrogens with one attached hydrogen (secondary N) is 2. The van der Waals surface area contributed by atoms with E-state index in [4.69, 9.17) is 17.0 Å².